The van der Waals surface area contributed by atoms with Crippen molar-refractivity contribution in [3.05, 3.63) is 0 Å². The van der Waals surface area contributed by atoms with E-state index in [-0.39, 0.29) is 0 Å². The van der Waals surface area contributed by atoms with Crippen LogP contribution in [-0.4, -0.2) is 55.9 Å². The van der Waals surface area contributed by atoms with Gasteiger partial charge in [0, 0.05) is 26.2 Å². The van der Waals surface area contributed by atoms with Gasteiger partial charge >= 0.3 is 0 Å². The lowest BCUT2D eigenvalue weighted by atomic mass is 10.3. The first-order valence-corrected chi connectivity index (χ1v) is 7.05. The normalized spacial score (nSPS) is 16.8. The molecule has 0 spiro atoms. The summed E-state index contributed by atoms with van der Waals surface area (Å²) in [5.74, 6) is 0. The molecule has 1 aliphatic heterocycles. The SMILES string of the molecule is CCCCNC(=S)NCCCN1CCOCC1. The average Bonchev–Trinajstić information content (AvgIpc) is 2.36. The van der Waals surface area contributed by atoms with Gasteiger partial charge in [0.15, 0.2) is 5.11 Å². The fourth-order valence-corrected chi connectivity index (χ4v) is 1.97. The molecule has 0 unspecified atom stereocenters. The number of morpholine rings is 1. The number of thiocarbonyl (C=S) groups is 1. The van der Waals surface area contributed by atoms with Crippen LogP contribution in [-0.2, 0) is 4.74 Å². The number of ether oxygens (including phenoxy) is 1. The fraction of sp³-hybridized carbons (Fsp3) is 0.917. The van der Waals surface area contributed by atoms with Crippen molar-refractivity contribution in [3.8, 4) is 0 Å². The molecule has 2 N–H and O–H groups in total. The largest absolute Gasteiger partial charge is 0.379 e. The summed E-state index contributed by atoms with van der Waals surface area (Å²) in [5.41, 5.74) is 0. The Balaban J connectivity index is 1.90. The second-order valence-corrected chi connectivity index (χ2v) is 4.75. The van der Waals surface area contributed by atoms with Gasteiger partial charge in [-0.3, -0.25) is 4.90 Å². The van der Waals surface area contributed by atoms with Crippen molar-refractivity contribution < 1.29 is 4.74 Å². The van der Waals surface area contributed by atoms with Gasteiger partial charge in [0.25, 0.3) is 0 Å². The van der Waals surface area contributed by atoms with Crippen molar-refractivity contribution in [2.45, 2.75) is 26.2 Å². The molecule has 1 heterocycles. The van der Waals surface area contributed by atoms with Crippen LogP contribution < -0.4 is 10.6 Å². The maximum absolute atomic E-state index is 5.31. The maximum Gasteiger partial charge on any atom is 0.166 e. The smallest absolute Gasteiger partial charge is 0.166 e. The van der Waals surface area contributed by atoms with E-state index >= 15 is 0 Å². The molecule has 17 heavy (non-hydrogen) atoms. The molecule has 4 nitrogen and oxygen atoms in total. The first-order valence-electron chi connectivity index (χ1n) is 6.64. The Labute approximate surface area is 110 Å². The van der Waals surface area contributed by atoms with Crippen LogP contribution in [0.3, 0.4) is 0 Å². The lowest BCUT2D eigenvalue weighted by Crippen LogP contribution is -2.40. The van der Waals surface area contributed by atoms with Crippen molar-refractivity contribution in [3.63, 3.8) is 0 Å². The van der Waals surface area contributed by atoms with E-state index in [1.165, 1.54) is 12.8 Å². The lowest BCUT2D eigenvalue weighted by Gasteiger charge is -2.26. The van der Waals surface area contributed by atoms with Crippen LogP contribution in [0.2, 0.25) is 0 Å². The Morgan fingerprint density at radius 1 is 1.18 bits per heavy atom. The number of hydrogen-bond donors (Lipinski definition) is 2. The summed E-state index contributed by atoms with van der Waals surface area (Å²) in [7, 11) is 0. The van der Waals surface area contributed by atoms with E-state index in [2.05, 4.69) is 22.5 Å². The third-order valence-corrected chi connectivity index (χ3v) is 3.14. The van der Waals surface area contributed by atoms with Gasteiger partial charge in [-0.1, -0.05) is 13.3 Å². The van der Waals surface area contributed by atoms with E-state index in [4.69, 9.17) is 17.0 Å². The van der Waals surface area contributed by atoms with Crippen LogP contribution >= 0.6 is 12.2 Å². The summed E-state index contributed by atoms with van der Waals surface area (Å²) in [6.07, 6.45) is 3.51. The fourth-order valence-electron chi connectivity index (χ4n) is 1.77. The molecule has 0 amide bonds. The molecule has 100 valence electrons. The van der Waals surface area contributed by atoms with E-state index < -0.39 is 0 Å². The van der Waals surface area contributed by atoms with Crippen molar-refractivity contribution >= 4 is 17.3 Å². The molecular weight excluding hydrogens is 234 g/mol. The van der Waals surface area contributed by atoms with E-state index in [0.717, 1.165) is 57.5 Å². The minimum absolute atomic E-state index is 0.792. The molecule has 0 atom stereocenters. The zero-order valence-corrected chi connectivity index (χ0v) is 11.7. The summed E-state index contributed by atoms with van der Waals surface area (Å²) in [6, 6.07) is 0. The first-order chi connectivity index (χ1) is 8.33. The number of hydrogen-bond acceptors (Lipinski definition) is 3. The number of nitrogens with zero attached hydrogens (tertiary/aromatic N) is 1. The zero-order chi connectivity index (χ0) is 12.3. The topological polar surface area (TPSA) is 36.5 Å². The molecule has 0 aromatic heterocycles. The highest BCUT2D eigenvalue weighted by Crippen LogP contribution is 1.97. The quantitative estimate of drug-likeness (QED) is 0.526. The summed E-state index contributed by atoms with van der Waals surface area (Å²) >= 11 is 5.18. The van der Waals surface area contributed by atoms with Crippen LogP contribution in [0.15, 0.2) is 0 Å². The van der Waals surface area contributed by atoms with E-state index in [0.29, 0.717) is 0 Å². The predicted octanol–water partition coefficient (Wildman–Crippen LogP) is 0.973. The molecule has 0 bridgehead atoms. The second-order valence-electron chi connectivity index (χ2n) is 4.34. The van der Waals surface area contributed by atoms with Crippen molar-refractivity contribution in [2.75, 3.05) is 45.9 Å². The predicted molar refractivity (Wildman–Crippen MR) is 75.4 cm³/mol. The third-order valence-electron chi connectivity index (χ3n) is 2.86. The summed E-state index contributed by atoms with van der Waals surface area (Å²) in [4.78, 5) is 2.44. The molecule has 1 saturated heterocycles. The molecule has 1 aliphatic rings. The third kappa shape index (κ3) is 7.52. The Hall–Kier alpha value is -0.390. The van der Waals surface area contributed by atoms with Gasteiger partial charge in [0.1, 0.15) is 0 Å². The van der Waals surface area contributed by atoms with E-state index in [1.54, 1.807) is 0 Å². The molecule has 0 aromatic rings. The molecule has 0 aromatic carbocycles. The van der Waals surface area contributed by atoms with Gasteiger partial charge < -0.3 is 15.4 Å². The van der Waals surface area contributed by atoms with Gasteiger partial charge in [0.05, 0.1) is 13.2 Å². The first kappa shape index (κ1) is 14.7. The van der Waals surface area contributed by atoms with E-state index in [1.807, 2.05) is 0 Å². The monoisotopic (exact) mass is 259 g/mol. The average molecular weight is 259 g/mol. The molecule has 0 aliphatic carbocycles. The van der Waals surface area contributed by atoms with Crippen LogP contribution in [0, 0.1) is 0 Å². The Morgan fingerprint density at radius 2 is 1.82 bits per heavy atom. The molecule has 0 saturated carbocycles. The maximum atomic E-state index is 5.31. The van der Waals surface area contributed by atoms with Gasteiger partial charge in [-0.25, -0.2) is 0 Å². The number of unbranched alkanes of at least 4 members (excludes halogenated alkanes) is 1. The Bertz CT molecular complexity index is 208. The van der Waals surface area contributed by atoms with Crippen molar-refractivity contribution in [1.82, 2.24) is 15.5 Å². The minimum atomic E-state index is 0.792. The molecule has 0 radical (unpaired) electrons. The van der Waals surface area contributed by atoms with Crippen molar-refractivity contribution in [2.24, 2.45) is 0 Å². The van der Waals surface area contributed by atoms with Crippen LogP contribution in [0.25, 0.3) is 0 Å². The summed E-state index contributed by atoms with van der Waals surface area (Å²) < 4.78 is 5.31. The Morgan fingerprint density at radius 3 is 2.47 bits per heavy atom. The summed E-state index contributed by atoms with van der Waals surface area (Å²) in [6.45, 7) is 9.14. The number of nitrogens with one attached hydrogen (secondary N) is 2. The van der Waals surface area contributed by atoms with Crippen LogP contribution in [0.5, 0.6) is 0 Å². The van der Waals surface area contributed by atoms with Gasteiger partial charge in [-0.2, -0.15) is 0 Å². The zero-order valence-electron chi connectivity index (χ0n) is 10.8. The molecular formula is C12H25N3OS. The highest BCUT2D eigenvalue weighted by atomic mass is 32.1. The lowest BCUT2D eigenvalue weighted by molar-refractivity contribution is 0.0376. The standard InChI is InChI=1S/C12H25N3OS/c1-2-3-5-13-12(17)14-6-4-7-15-8-10-16-11-9-15/h2-11H2,1H3,(H2,13,14,17). The molecule has 1 rings (SSSR count). The Kier molecular flexibility index (Phi) is 8.30. The van der Waals surface area contributed by atoms with Gasteiger partial charge in [-0.05, 0) is 31.6 Å². The highest BCUT2D eigenvalue weighted by molar-refractivity contribution is 7.80. The van der Waals surface area contributed by atoms with E-state index in [9.17, 15) is 0 Å². The molecule has 1 fully saturated rings. The summed E-state index contributed by atoms with van der Waals surface area (Å²) in [5, 5.41) is 7.24. The van der Waals surface area contributed by atoms with Gasteiger partial charge in [0.2, 0.25) is 0 Å². The van der Waals surface area contributed by atoms with Gasteiger partial charge in [-0.15, -0.1) is 0 Å². The highest BCUT2D eigenvalue weighted by Gasteiger charge is 2.08. The van der Waals surface area contributed by atoms with Crippen LogP contribution in [0.4, 0.5) is 0 Å². The molecule has 5 heteroatoms. The van der Waals surface area contributed by atoms with Crippen molar-refractivity contribution in [1.29, 1.82) is 0 Å². The second kappa shape index (κ2) is 9.62. The number of rotatable bonds is 7. The minimum Gasteiger partial charge on any atom is -0.379 e. The van der Waals surface area contributed by atoms with Crippen LogP contribution in [0.1, 0.15) is 26.2 Å².